The van der Waals surface area contributed by atoms with Gasteiger partial charge in [0.15, 0.2) is 0 Å². The van der Waals surface area contributed by atoms with Crippen LogP contribution in [-0.2, 0) is 6.18 Å². The van der Waals surface area contributed by atoms with Crippen LogP contribution in [0, 0.1) is 0 Å². The lowest BCUT2D eigenvalue weighted by Crippen LogP contribution is -2.06. The molecule has 0 aliphatic heterocycles. The first kappa shape index (κ1) is 9.76. The predicted molar refractivity (Wildman–Crippen MR) is 51.2 cm³/mol. The molecular weight excluding hydrogens is 205 g/mol. The standard InChI is InChI=1S/C10H7F3N2/c11-10(12,13)8-3-1-2-6-7(8)4-15-5-9(6)14/h1-5H,14H2. The van der Waals surface area contributed by atoms with Crippen LogP contribution in [0.4, 0.5) is 18.9 Å². The van der Waals surface area contributed by atoms with Crippen molar-refractivity contribution in [3.8, 4) is 0 Å². The molecule has 0 amide bonds. The maximum absolute atomic E-state index is 12.6. The molecule has 0 saturated heterocycles. The van der Waals surface area contributed by atoms with Crippen LogP contribution in [-0.4, -0.2) is 4.98 Å². The molecule has 0 spiro atoms. The summed E-state index contributed by atoms with van der Waals surface area (Å²) in [5.74, 6) is 0. The molecule has 0 bridgehead atoms. The van der Waals surface area contributed by atoms with Gasteiger partial charge in [-0.1, -0.05) is 12.1 Å². The van der Waals surface area contributed by atoms with Gasteiger partial charge in [0.05, 0.1) is 17.4 Å². The van der Waals surface area contributed by atoms with E-state index in [9.17, 15) is 13.2 Å². The summed E-state index contributed by atoms with van der Waals surface area (Å²) < 4.78 is 37.7. The third-order valence-electron chi connectivity index (χ3n) is 2.14. The third-order valence-corrected chi connectivity index (χ3v) is 2.14. The normalized spacial score (nSPS) is 11.9. The number of halogens is 3. The number of rotatable bonds is 0. The summed E-state index contributed by atoms with van der Waals surface area (Å²) in [5, 5.41) is 0.407. The van der Waals surface area contributed by atoms with Crippen LogP contribution in [0.25, 0.3) is 10.8 Å². The summed E-state index contributed by atoms with van der Waals surface area (Å²) in [6.45, 7) is 0. The Kier molecular flexibility index (Phi) is 2.03. The summed E-state index contributed by atoms with van der Waals surface area (Å²) in [6, 6.07) is 3.90. The monoisotopic (exact) mass is 212 g/mol. The Morgan fingerprint density at radius 3 is 2.47 bits per heavy atom. The maximum atomic E-state index is 12.6. The zero-order valence-corrected chi connectivity index (χ0v) is 7.55. The SMILES string of the molecule is Nc1cncc2c(C(F)(F)F)cccc12. The smallest absolute Gasteiger partial charge is 0.397 e. The Balaban J connectivity index is 2.83. The number of benzene rings is 1. The molecule has 1 aromatic heterocycles. The first-order valence-electron chi connectivity index (χ1n) is 4.19. The van der Waals surface area contributed by atoms with E-state index in [0.717, 1.165) is 6.07 Å². The van der Waals surface area contributed by atoms with Gasteiger partial charge < -0.3 is 5.73 Å². The zero-order valence-electron chi connectivity index (χ0n) is 7.55. The minimum absolute atomic E-state index is 0.0324. The lowest BCUT2D eigenvalue weighted by Gasteiger charge is -2.10. The van der Waals surface area contributed by atoms with Crippen LogP contribution >= 0.6 is 0 Å². The maximum Gasteiger partial charge on any atom is 0.417 e. The first-order chi connectivity index (χ1) is 7.00. The highest BCUT2D eigenvalue weighted by molar-refractivity contribution is 5.94. The van der Waals surface area contributed by atoms with E-state index in [-0.39, 0.29) is 11.1 Å². The molecule has 2 N–H and O–H groups in total. The van der Waals surface area contributed by atoms with Crippen LogP contribution in [0.1, 0.15) is 5.56 Å². The van der Waals surface area contributed by atoms with Crippen LogP contribution in [0.2, 0.25) is 0 Å². The van der Waals surface area contributed by atoms with Gasteiger partial charge in [0.2, 0.25) is 0 Å². The van der Waals surface area contributed by atoms with Gasteiger partial charge >= 0.3 is 6.18 Å². The quantitative estimate of drug-likeness (QED) is 0.729. The summed E-state index contributed by atoms with van der Waals surface area (Å²) >= 11 is 0. The number of anilines is 1. The van der Waals surface area contributed by atoms with Crippen molar-refractivity contribution in [3.05, 3.63) is 36.2 Å². The van der Waals surface area contributed by atoms with E-state index in [1.54, 1.807) is 6.07 Å². The summed E-state index contributed by atoms with van der Waals surface area (Å²) in [7, 11) is 0. The van der Waals surface area contributed by atoms with Crippen LogP contribution < -0.4 is 5.73 Å². The van der Waals surface area contributed by atoms with Crippen molar-refractivity contribution in [3.63, 3.8) is 0 Å². The molecule has 0 aliphatic carbocycles. The van der Waals surface area contributed by atoms with E-state index in [0.29, 0.717) is 5.39 Å². The topological polar surface area (TPSA) is 38.9 Å². The average molecular weight is 212 g/mol. The Labute approximate surface area is 83.5 Å². The number of fused-ring (bicyclic) bond motifs is 1. The van der Waals surface area contributed by atoms with Gasteiger partial charge in [-0.25, -0.2) is 0 Å². The van der Waals surface area contributed by atoms with Gasteiger partial charge in [-0.15, -0.1) is 0 Å². The van der Waals surface area contributed by atoms with Crippen molar-refractivity contribution in [1.82, 2.24) is 4.98 Å². The molecule has 2 aromatic rings. The fourth-order valence-electron chi connectivity index (χ4n) is 1.46. The molecule has 1 heterocycles. The minimum Gasteiger partial charge on any atom is -0.397 e. The number of nitrogens with two attached hydrogens (primary N) is 1. The molecule has 0 fully saturated rings. The van der Waals surface area contributed by atoms with Crippen LogP contribution in [0.15, 0.2) is 30.6 Å². The second-order valence-corrected chi connectivity index (χ2v) is 3.13. The van der Waals surface area contributed by atoms with E-state index >= 15 is 0 Å². The molecule has 0 unspecified atom stereocenters. The van der Waals surface area contributed by atoms with Gasteiger partial charge in [-0.05, 0) is 6.07 Å². The lowest BCUT2D eigenvalue weighted by molar-refractivity contribution is -0.136. The summed E-state index contributed by atoms with van der Waals surface area (Å²) in [4.78, 5) is 3.66. The first-order valence-corrected chi connectivity index (χ1v) is 4.19. The molecule has 0 saturated carbocycles. The highest BCUT2D eigenvalue weighted by atomic mass is 19.4. The average Bonchev–Trinajstić information content (AvgIpc) is 2.16. The van der Waals surface area contributed by atoms with Crippen molar-refractivity contribution in [2.24, 2.45) is 0 Å². The Morgan fingerprint density at radius 1 is 1.07 bits per heavy atom. The molecule has 0 atom stereocenters. The van der Waals surface area contributed by atoms with Crippen molar-refractivity contribution in [2.75, 3.05) is 5.73 Å². The number of hydrogen-bond donors (Lipinski definition) is 1. The largest absolute Gasteiger partial charge is 0.417 e. The Hall–Kier alpha value is -1.78. The highest BCUT2D eigenvalue weighted by Gasteiger charge is 2.32. The van der Waals surface area contributed by atoms with Crippen molar-refractivity contribution in [1.29, 1.82) is 0 Å². The number of hydrogen-bond acceptors (Lipinski definition) is 2. The van der Waals surface area contributed by atoms with Gasteiger partial charge in [0.1, 0.15) is 0 Å². The number of nitrogen functional groups attached to an aromatic ring is 1. The summed E-state index contributed by atoms with van der Waals surface area (Å²) in [5.41, 5.74) is 5.08. The van der Waals surface area contributed by atoms with Crippen molar-refractivity contribution in [2.45, 2.75) is 6.18 Å². The summed E-state index contributed by atoms with van der Waals surface area (Å²) in [6.07, 6.45) is -1.87. The van der Waals surface area contributed by atoms with E-state index in [1.807, 2.05) is 0 Å². The number of nitrogens with zero attached hydrogens (tertiary/aromatic N) is 1. The molecule has 1 aromatic carbocycles. The fourth-order valence-corrected chi connectivity index (χ4v) is 1.46. The second kappa shape index (κ2) is 3.12. The predicted octanol–water partition coefficient (Wildman–Crippen LogP) is 2.84. The minimum atomic E-state index is -4.38. The van der Waals surface area contributed by atoms with E-state index in [1.165, 1.54) is 18.5 Å². The fraction of sp³-hybridized carbons (Fsp3) is 0.100. The van der Waals surface area contributed by atoms with Gasteiger partial charge in [-0.3, -0.25) is 4.98 Å². The molecule has 2 nitrogen and oxygen atoms in total. The Morgan fingerprint density at radius 2 is 1.80 bits per heavy atom. The number of alkyl halides is 3. The van der Waals surface area contributed by atoms with E-state index < -0.39 is 11.7 Å². The van der Waals surface area contributed by atoms with Gasteiger partial charge in [0, 0.05) is 17.0 Å². The lowest BCUT2D eigenvalue weighted by atomic mass is 10.1. The van der Waals surface area contributed by atoms with Crippen LogP contribution in [0.5, 0.6) is 0 Å². The molecule has 78 valence electrons. The van der Waals surface area contributed by atoms with Crippen molar-refractivity contribution >= 4 is 16.5 Å². The van der Waals surface area contributed by atoms with E-state index in [4.69, 9.17) is 5.73 Å². The van der Waals surface area contributed by atoms with Crippen LogP contribution in [0.3, 0.4) is 0 Å². The molecule has 5 heteroatoms. The molecule has 0 radical (unpaired) electrons. The number of pyridine rings is 1. The molecule has 2 rings (SSSR count). The highest BCUT2D eigenvalue weighted by Crippen LogP contribution is 2.35. The number of aromatic nitrogens is 1. The molecular formula is C10H7F3N2. The van der Waals surface area contributed by atoms with Crippen molar-refractivity contribution < 1.29 is 13.2 Å². The van der Waals surface area contributed by atoms with Gasteiger partial charge in [0.25, 0.3) is 0 Å². The third kappa shape index (κ3) is 1.60. The van der Waals surface area contributed by atoms with E-state index in [2.05, 4.69) is 4.98 Å². The molecule has 0 aliphatic rings. The molecule has 15 heavy (non-hydrogen) atoms. The van der Waals surface area contributed by atoms with Gasteiger partial charge in [-0.2, -0.15) is 13.2 Å². The Bertz CT molecular complexity index is 505. The zero-order chi connectivity index (χ0) is 11.1. The second-order valence-electron chi connectivity index (χ2n) is 3.13.